The van der Waals surface area contributed by atoms with Crippen molar-refractivity contribution >= 4 is 43.4 Å². The number of carbonyl (C=O) groups excluding carboxylic acids is 2. The molecule has 14 heteroatoms. The fraction of sp³-hybridized carbons (Fsp3) is 0.464. The smallest absolute Gasteiger partial charge is 0.251 e. The van der Waals surface area contributed by atoms with Gasteiger partial charge in [-0.05, 0) is 48.2 Å². The van der Waals surface area contributed by atoms with E-state index in [4.69, 9.17) is 9.47 Å². The van der Waals surface area contributed by atoms with Gasteiger partial charge < -0.3 is 25.2 Å². The molecule has 4 N–H and O–H groups in total. The van der Waals surface area contributed by atoms with Gasteiger partial charge in [0.05, 0.1) is 36.6 Å². The van der Waals surface area contributed by atoms with Crippen molar-refractivity contribution in [2.24, 2.45) is 0 Å². The number of methoxy groups -OCH3 is 1. The average Bonchev–Trinajstić information content (AvgIpc) is 3.71. The van der Waals surface area contributed by atoms with E-state index < -0.39 is 21.5 Å². The number of sulfonamides is 1. The summed E-state index contributed by atoms with van der Waals surface area (Å²) < 4.78 is 39.9. The van der Waals surface area contributed by atoms with Gasteiger partial charge >= 0.3 is 0 Å². The van der Waals surface area contributed by atoms with E-state index in [1.807, 2.05) is 24.3 Å². The molecule has 1 saturated heterocycles. The zero-order chi connectivity index (χ0) is 29.7. The van der Waals surface area contributed by atoms with E-state index in [1.54, 1.807) is 25.3 Å². The summed E-state index contributed by atoms with van der Waals surface area (Å²) in [5, 5.41) is 18.2. The van der Waals surface area contributed by atoms with Crippen molar-refractivity contribution in [1.29, 1.82) is 0 Å². The van der Waals surface area contributed by atoms with Crippen LogP contribution in [0.2, 0.25) is 0 Å². The molecule has 2 aromatic carbocycles. The third-order valence-corrected chi connectivity index (χ3v) is 10.5. The molecule has 1 aliphatic heterocycles. The number of benzene rings is 2. The highest BCUT2D eigenvalue weighted by molar-refractivity contribution is 7.89. The molecular weight excluding hydrogens is 582 g/mol. The number of nitrogens with one attached hydrogen (secondary N) is 3. The molecule has 0 spiro atoms. The van der Waals surface area contributed by atoms with Gasteiger partial charge in [0.15, 0.2) is 5.25 Å². The summed E-state index contributed by atoms with van der Waals surface area (Å²) >= 11 is 1.18. The normalized spacial score (nSPS) is 17.6. The van der Waals surface area contributed by atoms with Gasteiger partial charge in [-0.1, -0.05) is 18.2 Å². The van der Waals surface area contributed by atoms with E-state index in [1.165, 1.54) is 15.6 Å². The first kappa shape index (κ1) is 30.5. The molecule has 1 aliphatic carbocycles. The van der Waals surface area contributed by atoms with E-state index in [-0.39, 0.29) is 55.7 Å². The Kier molecular flexibility index (Phi) is 9.83. The molecule has 2 unspecified atom stereocenters. The third-order valence-electron chi connectivity index (χ3n) is 7.07. The number of carbonyl (C=O) groups is 2. The van der Waals surface area contributed by atoms with E-state index in [0.29, 0.717) is 24.2 Å². The van der Waals surface area contributed by atoms with Crippen LogP contribution in [0.5, 0.6) is 0 Å². The summed E-state index contributed by atoms with van der Waals surface area (Å²) in [5.74, 6) is -0.489. The van der Waals surface area contributed by atoms with Crippen LogP contribution in [-0.4, -0.2) is 100 Å². The number of hydrogen-bond acceptors (Lipinski definition) is 10. The van der Waals surface area contributed by atoms with Crippen LogP contribution < -0.4 is 16.0 Å². The number of aliphatic hydroxyl groups is 1. The minimum absolute atomic E-state index is 0.150. The lowest BCUT2D eigenvalue weighted by atomic mass is 10.0. The predicted molar refractivity (Wildman–Crippen MR) is 158 cm³/mol. The Morgan fingerprint density at radius 3 is 2.55 bits per heavy atom. The second-order valence-electron chi connectivity index (χ2n) is 10.2. The standard InChI is InChI=1S/C28H35N5O7S2/c1-39-13-10-29-26(35)19-4-2-18(3-5-19)20-6-9-22-23(16-20)41-28(32-22)25(42(37,38)33-11-14-40-15-12-33)27(36)30-17-24(34)31-21-7-8-21/h2-6,9,16,21,25,27,30,36H,7-8,10-15,17H2,1H3,(H,29,35)(H,31,34). The van der Waals surface area contributed by atoms with Crippen LogP contribution in [0, 0.1) is 0 Å². The fourth-order valence-electron chi connectivity index (χ4n) is 4.62. The Morgan fingerprint density at radius 2 is 1.86 bits per heavy atom. The number of hydrogen-bond donors (Lipinski definition) is 4. The van der Waals surface area contributed by atoms with Gasteiger partial charge in [0.1, 0.15) is 11.2 Å². The Balaban J connectivity index is 1.38. The number of rotatable bonds is 13. The fourth-order valence-corrected chi connectivity index (χ4v) is 7.86. The van der Waals surface area contributed by atoms with Gasteiger partial charge in [0.2, 0.25) is 15.9 Å². The summed E-state index contributed by atoms with van der Waals surface area (Å²) in [6.45, 7) is 1.49. The van der Waals surface area contributed by atoms with E-state index in [0.717, 1.165) is 28.7 Å². The van der Waals surface area contributed by atoms with Gasteiger partial charge in [0, 0.05) is 38.3 Å². The number of ether oxygens (including phenoxy) is 2. The summed E-state index contributed by atoms with van der Waals surface area (Å²) in [6.07, 6.45) is 0.278. The molecule has 5 rings (SSSR count). The van der Waals surface area contributed by atoms with Gasteiger partial charge in [-0.15, -0.1) is 11.3 Å². The highest BCUT2D eigenvalue weighted by atomic mass is 32.2. The number of nitrogens with zero attached hydrogens (tertiary/aromatic N) is 2. The third kappa shape index (κ3) is 7.32. The molecule has 3 aromatic rings. The molecule has 42 heavy (non-hydrogen) atoms. The Hall–Kier alpha value is -2.98. The van der Waals surface area contributed by atoms with Crippen molar-refractivity contribution in [3.05, 3.63) is 53.0 Å². The van der Waals surface area contributed by atoms with Crippen molar-refractivity contribution in [3.8, 4) is 11.1 Å². The Labute approximate surface area is 248 Å². The molecule has 1 saturated carbocycles. The van der Waals surface area contributed by atoms with Crippen LogP contribution >= 0.6 is 11.3 Å². The number of fused-ring (bicyclic) bond motifs is 1. The maximum atomic E-state index is 13.8. The summed E-state index contributed by atoms with van der Waals surface area (Å²) in [5.41, 5.74) is 2.86. The van der Waals surface area contributed by atoms with Crippen LogP contribution in [0.1, 0.15) is 33.5 Å². The lowest BCUT2D eigenvalue weighted by Crippen LogP contribution is -2.49. The molecule has 0 radical (unpaired) electrons. The molecule has 1 aromatic heterocycles. The molecular formula is C28H35N5O7S2. The van der Waals surface area contributed by atoms with Crippen molar-refractivity contribution in [3.63, 3.8) is 0 Å². The molecule has 12 nitrogen and oxygen atoms in total. The topological polar surface area (TPSA) is 159 Å². The van der Waals surface area contributed by atoms with Gasteiger partial charge in [0.25, 0.3) is 5.91 Å². The Morgan fingerprint density at radius 1 is 1.14 bits per heavy atom. The SMILES string of the molecule is COCCNC(=O)c1ccc(-c2ccc3nc(C(C(O)NCC(=O)NC4CC4)S(=O)(=O)N4CCOCC4)sc3c2)cc1. The predicted octanol–water partition coefficient (Wildman–Crippen LogP) is 1.23. The van der Waals surface area contributed by atoms with Crippen molar-refractivity contribution < 1.29 is 32.6 Å². The van der Waals surface area contributed by atoms with Crippen LogP contribution in [0.15, 0.2) is 42.5 Å². The van der Waals surface area contributed by atoms with Crippen LogP contribution in [0.25, 0.3) is 21.3 Å². The number of aliphatic hydroxyl groups excluding tert-OH is 1. The molecule has 0 bridgehead atoms. The number of thiazole rings is 1. The summed E-state index contributed by atoms with van der Waals surface area (Å²) in [6, 6.07) is 12.9. The van der Waals surface area contributed by atoms with Crippen molar-refractivity contribution in [1.82, 2.24) is 25.2 Å². The second kappa shape index (κ2) is 13.5. The lowest BCUT2D eigenvalue weighted by Gasteiger charge is -2.31. The summed E-state index contributed by atoms with van der Waals surface area (Å²) in [7, 11) is -2.48. The van der Waals surface area contributed by atoms with Gasteiger partial charge in [-0.3, -0.25) is 14.9 Å². The monoisotopic (exact) mass is 617 g/mol. The van der Waals surface area contributed by atoms with E-state index in [9.17, 15) is 23.1 Å². The average molecular weight is 618 g/mol. The Bertz CT molecular complexity index is 1500. The van der Waals surface area contributed by atoms with Gasteiger partial charge in [-0.2, -0.15) is 4.31 Å². The van der Waals surface area contributed by atoms with E-state index >= 15 is 0 Å². The van der Waals surface area contributed by atoms with Crippen LogP contribution in [0.3, 0.4) is 0 Å². The maximum Gasteiger partial charge on any atom is 0.251 e. The number of amides is 2. The second-order valence-corrected chi connectivity index (χ2v) is 13.3. The maximum absolute atomic E-state index is 13.8. The molecule has 226 valence electrons. The zero-order valence-electron chi connectivity index (χ0n) is 23.2. The van der Waals surface area contributed by atoms with Gasteiger partial charge in [-0.25, -0.2) is 13.4 Å². The zero-order valence-corrected chi connectivity index (χ0v) is 24.9. The highest BCUT2D eigenvalue weighted by Gasteiger charge is 2.41. The summed E-state index contributed by atoms with van der Waals surface area (Å²) in [4.78, 5) is 29.2. The van der Waals surface area contributed by atoms with Crippen LogP contribution in [-0.2, 0) is 24.3 Å². The van der Waals surface area contributed by atoms with E-state index in [2.05, 4.69) is 20.9 Å². The minimum atomic E-state index is -4.06. The van der Waals surface area contributed by atoms with Crippen LogP contribution in [0.4, 0.5) is 0 Å². The lowest BCUT2D eigenvalue weighted by molar-refractivity contribution is -0.121. The largest absolute Gasteiger partial charge is 0.383 e. The first-order chi connectivity index (χ1) is 20.3. The minimum Gasteiger partial charge on any atom is -0.383 e. The quantitative estimate of drug-likeness (QED) is 0.163. The molecule has 2 amide bonds. The molecule has 2 heterocycles. The van der Waals surface area contributed by atoms with Crippen molar-refractivity contribution in [2.75, 3.05) is 53.1 Å². The number of morpholine rings is 1. The molecule has 2 aliphatic rings. The first-order valence-corrected chi connectivity index (χ1v) is 16.1. The highest BCUT2D eigenvalue weighted by Crippen LogP contribution is 2.36. The molecule has 2 fully saturated rings. The molecule has 2 atom stereocenters. The first-order valence-electron chi connectivity index (χ1n) is 13.8. The number of aromatic nitrogens is 1. The van der Waals surface area contributed by atoms with Crippen molar-refractivity contribution in [2.45, 2.75) is 30.4 Å².